The Morgan fingerprint density at radius 1 is 1.19 bits per heavy atom. The van der Waals surface area contributed by atoms with E-state index in [1.165, 1.54) is 4.31 Å². The van der Waals surface area contributed by atoms with E-state index in [0.717, 1.165) is 0 Å². The zero-order chi connectivity index (χ0) is 12.2. The van der Waals surface area contributed by atoms with Crippen molar-refractivity contribution in [2.75, 3.05) is 34.2 Å². The molecule has 0 spiro atoms. The molecule has 0 amide bonds. The van der Waals surface area contributed by atoms with Gasteiger partial charge in [-0.2, -0.15) is 4.31 Å². The zero-order valence-corrected chi connectivity index (χ0v) is 10.7. The normalized spacial score (nSPS) is 12.3. The van der Waals surface area contributed by atoms with E-state index in [9.17, 15) is 8.42 Å². The van der Waals surface area contributed by atoms with Crippen LogP contribution in [-0.4, -0.2) is 51.9 Å². The largest absolute Gasteiger partial charge is 0.308 e. The molecule has 0 aliphatic heterocycles. The standard InChI is InChI=1S/C11H17N2O2S/c1-12(2)9-10-13(3)16(14,15)11-7-5-4-6-8-11/h4-7H,9-10H2,1-3H3. The summed E-state index contributed by atoms with van der Waals surface area (Å²) in [5, 5.41) is 0. The summed E-state index contributed by atoms with van der Waals surface area (Å²) in [5.74, 6) is 0. The van der Waals surface area contributed by atoms with Crippen LogP contribution < -0.4 is 0 Å². The van der Waals surface area contributed by atoms with Crippen LogP contribution in [0.25, 0.3) is 0 Å². The van der Waals surface area contributed by atoms with Crippen LogP contribution in [0.5, 0.6) is 0 Å². The average molecular weight is 241 g/mol. The number of nitrogens with zero attached hydrogens (tertiary/aromatic N) is 2. The molecule has 1 aromatic rings. The molecule has 0 N–H and O–H groups in total. The molecule has 0 atom stereocenters. The number of hydrogen-bond donors (Lipinski definition) is 0. The number of rotatable bonds is 5. The molecule has 0 unspecified atom stereocenters. The minimum absolute atomic E-state index is 0.219. The minimum Gasteiger partial charge on any atom is -0.308 e. The Labute approximate surface area is 97.5 Å². The van der Waals surface area contributed by atoms with Gasteiger partial charge in [0.1, 0.15) is 0 Å². The van der Waals surface area contributed by atoms with Crippen LogP contribution in [0.1, 0.15) is 0 Å². The van der Waals surface area contributed by atoms with E-state index >= 15 is 0 Å². The lowest BCUT2D eigenvalue weighted by Gasteiger charge is -2.19. The van der Waals surface area contributed by atoms with Gasteiger partial charge in [-0.15, -0.1) is 0 Å². The Balaban J connectivity index is 2.79. The average Bonchev–Trinajstić information content (AvgIpc) is 2.27. The van der Waals surface area contributed by atoms with Crippen molar-refractivity contribution >= 4 is 10.0 Å². The molecule has 4 nitrogen and oxygen atoms in total. The first kappa shape index (κ1) is 13.2. The molecule has 0 fully saturated rings. The van der Waals surface area contributed by atoms with Crippen LogP contribution >= 0.6 is 0 Å². The highest BCUT2D eigenvalue weighted by atomic mass is 32.2. The summed E-state index contributed by atoms with van der Waals surface area (Å²) in [7, 11) is 2.02. The first-order valence-corrected chi connectivity index (χ1v) is 6.46. The first-order valence-electron chi connectivity index (χ1n) is 5.02. The van der Waals surface area contributed by atoms with Crippen molar-refractivity contribution in [2.45, 2.75) is 4.90 Å². The second-order valence-electron chi connectivity index (χ2n) is 3.86. The van der Waals surface area contributed by atoms with Crippen LogP contribution in [0.3, 0.4) is 0 Å². The molecule has 0 aliphatic carbocycles. The fraction of sp³-hybridized carbons (Fsp3) is 0.455. The Morgan fingerprint density at radius 3 is 2.38 bits per heavy atom. The van der Waals surface area contributed by atoms with Gasteiger partial charge in [0.25, 0.3) is 0 Å². The second-order valence-corrected chi connectivity index (χ2v) is 5.87. The first-order chi connectivity index (χ1) is 7.44. The topological polar surface area (TPSA) is 40.6 Å². The lowest BCUT2D eigenvalue weighted by molar-refractivity contribution is 0.358. The minimum atomic E-state index is -3.38. The summed E-state index contributed by atoms with van der Waals surface area (Å²) in [6, 6.07) is 9.34. The van der Waals surface area contributed by atoms with Crippen LogP contribution in [0, 0.1) is 6.07 Å². The van der Waals surface area contributed by atoms with Gasteiger partial charge < -0.3 is 4.90 Å². The Morgan fingerprint density at radius 2 is 1.88 bits per heavy atom. The van der Waals surface area contributed by atoms with Crippen molar-refractivity contribution in [3.8, 4) is 0 Å². The van der Waals surface area contributed by atoms with E-state index in [1.807, 2.05) is 19.0 Å². The highest BCUT2D eigenvalue weighted by molar-refractivity contribution is 7.89. The maximum Gasteiger partial charge on any atom is 0.243 e. The van der Waals surface area contributed by atoms with Crippen LogP contribution in [-0.2, 0) is 10.0 Å². The third kappa shape index (κ3) is 3.30. The van der Waals surface area contributed by atoms with Crippen molar-refractivity contribution in [1.82, 2.24) is 9.21 Å². The van der Waals surface area contributed by atoms with Gasteiger partial charge in [0, 0.05) is 26.2 Å². The van der Waals surface area contributed by atoms with E-state index in [4.69, 9.17) is 0 Å². The predicted molar refractivity (Wildman–Crippen MR) is 63.6 cm³/mol. The zero-order valence-electron chi connectivity index (χ0n) is 9.84. The van der Waals surface area contributed by atoms with Crippen molar-refractivity contribution in [1.29, 1.82) is 0 Å². The van der Waals surface area contributed by atoms with Crippen LogP contribution in [0.2, 0.25) is 0 Å². The third-order valence-electron chi connectivity index (χ3n) is 2.23. The molecule has 0 heterocycles. The maximum absolute atomic E-state index is 12.0. The van der Waals surface area contributed by atoms with E-state index in [2.05, 4.69) is 6.07 Å². The van der Waals surface area contributed by atoms with Gasteiger partial charge in [-0.05, 0) is 20.2 Å². The fourth-order valence-electron chi connectivity index (χ4n) is 1.17. The molecule has 16 heavy (non-hydrogen) atoms. The van der Waals surface area contributed by atoms with Gasteiger partial charge in [-0.25, -0.2) is 8.42 Å². The van der Waals surface area contributed by atoms with Gasteiger partial charge in [0.15, 0.2) is 0 Å². The molecular weight excluding hydrogens is 224 g/mol. The second kappa shape index (κ2) is 5.43. The molecule has 5 heteroatoms. The Hall–Kier alpha value is -0.910. The molecular formula is C11H17N2O2S. The van der Waals surface area contributed by atoms with Gasteiger partial charge in [-0.1, -0.05) is 18.2 Å². The molecule has 0 aliphatic rings. The van der Waals surface area contributed by atoms with Crippen LogP contribution in [0.4, 0.5) is 0 Å². The smallest absolute Gasteiger partial charge is 0.243 e. The van der Waals surface area contributed by atoms with Gasteiger partial charge >= 0.3 is 0 Å². The van der Waals surface area contributed by atoms with Crippen molar-refractivity contribution in [3.05, 3.63) is 30.3 Å². The lowest BCUT2D eigenvalue weighted by atomic mass is 10.4. The van der Waals surface area contributed by atoms with Crippen molar-refractivity contribution < 1.29 is 8.42 Å². The highest BCUT2D eigenvalue weighted by Crippen LogP contribution is 2.12. The van der Waals surface area contributed by atoms with Gasteiger partial charge in [0.2, 0.25) is 10.0 Å². The molecule has 0 bridgehead atoms. The Kier molecular flexibility index (Phi) is 4.46. The lowest BCUT2D eigenvalue weighted by Crippen LogP contribution is -2.33. The fourth-order valence-corrected chi connectivity index (χ4v) is 2.29. The van der Waals surface area contributed by atoms with E-state index in [0.29, 0.717) is 13.1 Å². The third-order valence-corrected chi connectivity index (χ3v) is 4.04. The molecule has 1 aromatic carbocycles. The number of hydrogen-bond acceptors (Lipinski definition) is 3. The SMILES string of the molecule is CN(C)CCN(C)S(=O)(=O)c1[c]cccc1. The molecule has 1 rings (SSSR count). The van der Waals surface area contributed by atoms with Crippen molar-refractivity contribution in [3.63, 3.8) is 0 Å². The van der Waals surface area contributed by atoms with E-state index < -0.39 is 10.0 Å². The van der Waals surface area contributed by atoms with Gasteiger partial charge in [-0.3, -0.25) is 0 Å². The van der Waals surface area contributed by atoms with E-state index in [-0.39, 0.29) is 4.90 Å². The number of benzene rings is 1. The van der Waals surface area contributed by atoms with E-state index in [1.54, 1.807) is 31.3 Å². The predicted octanol–water partition coefficient (Wildman–Crippen LogP) is 0.669. The summed E-state index contributed by atoms with van der Waals surface area (Å²) in [4.78, 5) is 2.16. The summed E-state index contributed by atoms with van der Waals surface area (Å²) < 4.78 is 25.4. The summed E-state index contributed by atoms with van der Waals surface area (Å²) in [6.45, 7) is 1.17. The monoisotopic (exact) mass is 241 g/mol. The maximum atomic E-state index is 12.0. The molecule has 0 saturated carbocycles. The van der Waals surface area contributed by atoms with Crippen LogP contribution in [0.15, 0.2) is 29.2 Å². The van der Waals surface area contributed by atoms with Crippen molar-refractivity contribution in [2.24, 2.45) is 0 Å². The molecule has 89 valence electrons. The highest BCUT2D eigenvalue weighted by Gasteiger charge is 2.19. The summed E-state index contributed by atoms with van der Waals surface area (Å²) in [5.41, 5.74) is 0. The molecule has 1 radical (unpaired) electrons. The quantitative estimate of drug-likeness (QED) is 0.761. The molecule has 0 aromatic heterocycles. The summed E-state index contributed by atoms with van der Waals surface area (Å²) >= 11 is 0. The number of sulfonamides is 1. The molecule has 0 saturated heterocycles. The Bertz CT molecular complexity index is 415. The van der Waals surface area contributed by atoms with Gasteiger partial charge in [0.05, 0.1) is 4.90 Å². The number of likely N-dealkylation sites (N-methyl/N-ethyl adjacent to an activating group) is 2. The summed E-state index contributed by atoms with van der Waals surface area (Å²) in [6.07, 6.45) is 0.